The zero-order valence-corrected chi connectivity index (χ0v) is 11.1. The minimum atomic E-state index is -0.360. The summed E-state index contributed by atoms with van der Waals surface area (Å²) in [5.41, 5.74) is 2.49. The third-order valence-electron chi connectivity index (χ3n) is 3.32. The Hall–Kier alpha value is -1.41. The molecule has 2 rings (SSSR count). The zero-order chi connectivity index (χ0) is 13.8. The standard InChI is InChI=1S/C12H19N3O4/c1-17-10-5-15(6-11(10)18-2)4-9-3-8(7-19-9)12(16)14-13/h3,7,10-11H,4-6,13H2,1-2H3,(H,14,16). The van der Waals surface area contributed by atoms with E-state index in [1.54, 1.807) is 20.3 Å². The highest BCUT2D eigenvalue weighted by Crippen LogP contribution is 2.19. The van der Waals surface area contributed by atoms with E-state index >= 15 is 0 Å². The molecule has 1 fully saturated rings. The second-order valence-electron chi connectivity index (χ2n) is 4.52. The number of methoxy groups -OCH3 is 2. The molecule has 0 aromatic carbocycles. The number of amides is 1. The number of likely N-dealkylation sites (tertiary alicyclic amines) is 1. The SMILES string of the molecule is COC1CN(Cc2cc(C(=O)NN)co2)CC1OC. The number of nitrogen functional groups attached to an aromatic ring is 1. The number of nitrogens with two attached hydrogens (primary N) is 1. The summed E-state index contributed by atoms with van der Waals surface area (Å²) < 4.78 is 16.1. The van der Waals surface area contributed by atoms with Crippen LogP contribution in [0.1, 0.15) is 16.1 Å². The molecule has 1 aliphatic heterocycles. The third-order valence-corrected chi connectivity index (χ3v) is 3.32. The first-order chi connectivity index (χ1) is 9.17. The Morgan fingerprint density at radius 1 is 1.47 bits per heavy atom. The number of nitrogens with zero attached hydrogens (tertiary/aromatic N) is 1. The van der Waals surface area contributed by atoms with Crippen LogP contribution in [0, 0.1) is 0 Å². The van der Waals surface area contributed by atoms with E-state index in [0.29, 0.717) is 17.9 Å². The topological polar surface area (TPSA) is 90.0 Å². The molecule has 7 heteroatoms. The third kappa shape index (κ3) is 3.13. The molecule has 1 aromatic rings. The molecule has 2 atom stereocenters. The highest BCUT2D eigenvalue weighted by atomic mass is 16.5. The van der Waals surface area contributed by atoms with E-state index in [-0.39, 0.29) is 18.1 Å². The summed E-state index contributed by atoms with van der Waals surface area (Å²) in [5.74, 6) is 5.42. The number of carbonyl (C=O) groups is 1. The Labute approximate surface area is 111 Å². The maximum absolute atomic E-state index is 11.3. The van der Waals surface area contributed by atoms with Crippen LogP contribution in [-0.2, 0) is 16.0 Å². The molecule has 7 nitrogen and oxygen atoms in total. The molecule has 1 amide bonds. The average Bonchev–Trinajstić information content (AvgIpc) is 3.04. The second kappa shape index (κ2) is 6.16. The van der Waals surface area contributed by atoms with E-state index < -0.39 is 0 Å². The molecule has 1 saturated heterocycles. The molecule has 0 saturated carbocycles. The minimum Gasteiger partial charge on any atom is -0.467 e. The van der Waals surface area contributed by atoms with E-state index in [4.69, 9.17) is 19.7 Å². The van der Waals surface area contributed by atoms with E-state index in [1.807, 2.05) is 0 Å². The van der Waals surface area contributed by atoms with Crippen molar-refractivity contribution in [1.82, 2.24) is 10.3 Å². The van der Waals surface area contributed by atoms with Crippen LogP contribution in [0.2, 0.25) is 0 Å². The number of nitrogens with one attached hydrogen (secondary N) is 1. The van der Waals surface area contributed by atoms with Gasteiger partial charge in [-0.2, -0.15) is 0 Å². The maximum Gasteiger partial charge on any atom is 0.268 e. The summed E-state index contributed by atoms with van der Waals surface area (Å²) in [7, 11) is 3.35. The molecular formula is C12H19N3O4. The maximum atomic E-state index is 11.3. The fraction of sp³-hybridized carbons (Fsp3) is 0.583. The van der Waals surface area contributed by atoms with Crippen LogP contribution in [0.25, 0.3) is 0 Å². The summed E-state index contributed by atoms with van der Waals surface area (Å²) >= 11 is 0. The van der Waals surface area contributed by atoms with E-state index in [1.165, 1.54) is 6.26 Å². The van der Waals surface area contributed by atoms with Gasteiger partial charge in [-0.15, -0.1) is 0 Å². The van der Waals surface area contributed by atoms with Crippen LogP contribution < -0.4 is 11.3 Å². The van der Waals surface area contributed by atoms with Gasteiger partial charge in [0, 0.05) is 27.3 Å². The van der Waals surface area contributed by atoms with Gasteiger partial charge in [0.25, 0.3) is 5.91 Å². The van der Waals surface area contributed by atoms with Crippen LogP contribution in [0.5, 0.6) is 0 Å². The molecule has 0 radical (unpaired) electrons. The van der Waals surface area contributed by atoms with Crippen molar-refractivity contribution in [1.29, 1.82) is 0 Å². The first-order valence-electron chi connectivity index (χ1n) is 6.04. The molecule has 3 N–H and O–H groups in total. The van der Waals surface area contributed by atoms with Crippen molar-refractivity contribution in [3.05, 3.63) is 23.7 Å². The van der Waals surface area contributed by atoms with Gasteiger partial charge in [-0.1, -0.05) is 0 Å². The smallest absolute Gasteiger partial charge is 0.268 e. The summed E-state index contributed by atoms with van der Waals surface area (Å²) in [6.45, 7) is 2.15. The molecule has 19 heavy (non-hydrogen) atoms. The Kier molecular flexibility index (Phi) is 4.54. The quantitative estimate of drug-likeness (QED) is 0.434. The highest BCUT2D eigenvalue weighted by Gasteiger charge is 2.33. The van der Waals surface area contributed by atoms with Gasteiger partial charge in [0.1, 0.15) is 12.0 Å². The fourth-order valence-electron chi connectivity index (χ4n) is 2.29. The molecule has 2 unspecified atom stereocenters. The summed E-state index contributed by atoms with van der Waals surface area (Å²) in [5, 5.41) is 0. The number of carbonyl (C=O) groups excluding carboxylic acids is 1. The lowest BCUT2D eigenvalue weighted by Gasteiger charge is -2.13. The van der Waals surface area contributed by atoms with Crippen molar-refractivity contribution in [2.24, 2.45) is 5.84 Å². The second-order valence-corrected chi connectivity index (χ2v) is 4.52. The molecule has 0 aliphatic carbocycles. The van der Waals surface area contributed by atoms with Gasteiger partial charge in [-0.25, -0.2) is 5.84 Å². The normalized spacial score (nSPS) is 23.7. The molecule has 1 aliphatic rings. The summed E-state index contributed by atoms with van der Waals surface area (Å²) in [6.07, 6.45) is 1.52. The Balaban J connectivity index is 1.95. The van der Waals surface area contributed by atoms with Gasteiger partial charge in [0.2, 0.25) is 0 Å². The van der Waals surface area contributed by atoms with Crippen LogP contribution in [-0.4, -0.2) is 50.3 Å². The molecule has 0 bridgehead atoms. The number of hydrogen-bond donors (Lipinski definition) is 2. The molecular weight excluding hydrogens is 250 g/mol. The van der Waals surface area contributed by atoms with Gasteiger partial charge < -0.3 is 13.9 Å². The first kappa shape index (κ1) is 14.0. The number of hydrogen-bond acceptors (Lipinski definition) is 6. The van der Waals surface area contributed by atoms with Crippen molar-refractivity contribution >= 4 is 5.91 Å². The lowest BCUT2D eigenvalue weighted by molar-refractivity contribution is -0.00461. The predicted molar refractivity (Wildman–Crippen MR) is 67.2 cm³/mol. The lowest BCUT2D eigenvalue weighted by Crippen LogP contribution is -2.29. The Morgan fingerprint density at radius 2 is 2.11 bits per heavy atom. The summed E-state index contributed by atoms with van der Waals surface area (Å²) in [4.78, 5) is 13.5. The van der Waals surface area contributed by atoms with Gasteiger partial charge in [0.15, 0.2) is 0 Å². The van der Waals surface area contributed by atoms with Crippen molar-refractivity contribution in [3.63, 3.8) is 0 Å². The average molecular weight is 269 g/mol. The molecule has 2 heterocycles. The van der Waals surface area contributed by atoms with Gasteiger partial charge in [-0.3, -0.25) is 15.1 Å². The zero-order valence-electron chi connectivity index (χ0n) is 11.1. The van der Waals surface area contributed by atoms with Gasteiger partial charge >= 0.3 is 0 Å². The highest BCUT2D eigenvalue weighted by molar-refractivity contribution is 5.93. The largest absolute Gasteiger partial charge is 0.467 e. The number of hydrazine groups is 1. The molecule has 106 valence electrons. The van der Waals surface area contributed by atoms with Gasteiger partial charge in [-0.05, 0) is 6.07 Å². The molecule has 1 aromatic heterocycles. The van der Waals surface area contributed by atoms with Crippen LogP contribution >= 0.6 is 0 Å². The monoisotopic (exact) mass is 269 g/mol. The fourth-order valence-corrected chi connectivity index (χ4v) is 2.29. The Morgan fingerprint density at radius 3 is 2.63 bits per heavy atom. The Bertz CT molecular complexity index is 422. The minimum absolute atomic E-state index is 0.0618. The lowest BCUT2D eigenvalue weighted by atomic mass is 10.3. The predicted octanol–water partition coefficient (Wildman–Crippen LogP) is -0.271. The van der Waals surface area contributed by atoms with Crippen molar-refractivity contribution < 1.29 is 18.7 Å². The van der Waals surface area contributed by atoms with E-state index in [9.17, 15) is 4.79 Å². The van der Waals surface area contributed by atoms with Crippen molar-refractivity contribution in [2.75, 3.05) is 27.3 Å². The first-order valence-corrected chi connectivity index (χ1v) is 6.04. The number of rotatable bonds is 5. The summed E-state index contributed by atoms with van der Waals surface area (Å²) in [6, 6.07) is 1.68. The van der Waals surface area contributed by atoms with E-state index in [2.05, 4.69) is 10.3 Å². The number of ether oxygens (including phenoxy) is 2. The van der Waals surface area contributed by atoms with Crippen molar-refractivity contribution in [2.45, 2.75) is 18.8 Å². The van der Waals surface area contributed by atoms with Crippen LogP contribution in [0.15, 0.2) is 16.7 Å². The van der Waals surface area contributed by atoms with E-state index in [0.717, 1.165) is 13.1 Å². The van der Waals surface area contributed by atoms with Crippen molar-refractivity contribution in [3.8, 4) is 0 Å². The molecule has 0 spiro atoms. The number of furan rings is 1. The van der Waals surface area contributed by atoms with Crippen LogP contribution in [0.3, 0.4) is 0 Å². The van der Waals surface area contributed by atoms with Gasteiger partial charge in [0.05, 0.1) is 24.3 Å². The van der Waals surface area contributed by atoms with Crippen LogP contribution in [0.4, 0.5) is 0 Å².